The third kappa shape index (κ3) is 3.50. The zero-order chi connectivity index (χ0) is 14.5. The van der Waals surface area contributed by atoms with Crippen molar-refractivity contribution in [2.75, 3.05) is 12.4 Å². The van der Waals surface area contributed by atoms with Crippen LogP contribution in [0.4, 0.5) is 5.82 Å². The number of aryl methyl sites for hydroxylation is 1. The van der Waals surface area contributed by atoms with E-state index in [0.29, 0.717) is 12.5 Å². The van der Waals surface area contributed by atoms with Gasteiger partial charge in [-0.15, -0.1) is 0 Å². The van der Waals surface area contributed by atoms with E-state index in [0.717, 1.165) is 22.7 Å². The van der Waals surface area contributed by atoms with E-state index in [1.54, 1.807) is 0 Å². The Labute approximate surface area is 121 Å². The number of pyridine rings is 1. The fraction of sp³-hybridized carbons (Fsp3) is 0.353. The van der Waals surface area contributed by atoms with E-state index in [-0.39, 0.29) is 0 Å². The summed E-state index contributed by atoms with van der Waals surface area (Å²) in [5, 5.41) is 3.01. The molecule has 3 nitrogen and oxygen atoms in total. The van der Waals surface area contributed by atoms with Crippen LogP contribution < -0.4 is 10.1 Å². The van der Waals surface area contributed by atoms with Crippen LogP contribution in [0.3, 0.4) is 0 Å². The lowest BCUT2D eigenvalue weighted by atomic mass is 10.0. The molecule has 0 aliphatic carbocycles. The Hall–Kier alpha value is -2.03. The summed E-state index contributed by atoms with van der Waals surface area (Å²) in [5.41, 5.74) is 3.53. The Morgan fingerprint density at radius 2 is 2.00 bits per heavy atom. The Kier molecular flexibility index (Phi) is 4.61. The number of anilines is 1. The van der Waals surface area contributed by atoms with Crippen molar-refractivity contribution in [1.82, 2.24) is 4.98 Å². The molecule has 0 bridgehead atoms. The molecule has 0 radical (unpaired) electrons. The lowest BCUT2D eigenvalue weighted by Gasteiger charge is -2.13. The molecule has 0 aliphatic heterocycles. The highest BCUT2D eigenvalue weighted by Crippen LogP contribution is 2.25. The largest absolute Gasteiger partial charge is 0.489 e. The van der Waals surface area contributed by atoms with Gasteiger partial charge in [0.1, 0.15) is 18.2 Å². The van der Waals surface area contributed by atoms with E-state index in [4.69, 9.17) is 4.74 Å². The van der Waals surface area contributed by atoms with Crippen molar-refractivity contribution in [2.24, 2.45) is 0 Å². The molecule has 0 fully saturated rings. The maximum Gasteiger partial charge on any atom is 0.125 e. The number of ether oxygens (including phenoxy) is 1. The van der Waals surface area contributed by atoms with Gasteiger partial charge in [0.15, 0.2) is 0 Å². The van der Waals surface area contributed by atoms with Crippen LogP contribution in [0, 0.1) is 6.92 Å². The highest BCUT2D eigenvalue weighted by Gasteiger charge is 2.05. The van der Waals surface area contributed by atoms with Crippen LogP contribution in [-0.4, -0.2) is 12.0 Å². The van der Waals surface area contributed by atoms with Gasteiger partial charge in [0.05, 0.1) is 0 Å². The summed E-state index contributed by atoms with van der Waals surface area (Å²) in [6, 6.07) is 10.4. The topological polar surface area (TPSA) is 34.1 Å². The van der Waals surface area contributed by atoms with Gasteiger partial charge in [-0.3, -0.25) is 0 Å². The van der Waals surface area contributed by atoms with E-state index in [9.17, 15) is 0 Å². The summed E-state index contributed by atoms with van der Waals surface area (Å²) in [6.07, 6.45) is 1.84. The summed E-state index contributed by atoms with van der Waals surface area (Å²) < 4.78 is 5.93. The molecule has 1 heterocycles. The van der Waals surface area contributed by atoms with Gasteiger partial charge in [-0.25, -0.2) is 4.98 Å². The minimum atomic E-state index is 0.509. The Morgan fingerprint density at radius 3 is 2.60 bits per heavy atom. The molecular formula is C17H22N2O. The second-order valence-electron chi connectivity index (χ2n) is 5.27. The average Bonchev–Trinajstić information content (AvgIpc) is 2.46. The van der Waals surface area contributed by atoms with Gasteiger partial charge in [0.25, 0.3) is 0 Å². The van der Waals surface area contributed by atoms with Crippen molar-refractivity contribution < 1.29 is 4.74 Å². The maximum absolute atomic E-state index is 5.93. The van der Waals surface area contributed by atoms with Crippen molar-refractivity contribution >= 4 is 5.82 Å². The molecule has 106 valence electrons. The van der Waals surface area contributed by atoms with Crippen molar-refractivity contribution in [3.05, 3.63) is 53.2 Å². The van der Waals surface area contributed by atoms with E-state index in [1.807, 2.05) is 25.4 Å². The fourth-order valence-corrected chi connectivity index (χ4v) is 1.95. The molecule has 0 atom stereocenters. The summed E-state index contributed by atoms with van der Waals surface area (Å²) in [5.74, 6) is 2.33. The van der Waals surface area contributed by atoms with E-state index >= 15 is 0 Å². The molecule has 0 saturated carbocycles. The molecule has 0 unspecified atom stereocenters. The van der Waals surface area contributed by atoms with E-state index in [1.165, 1.54) is 5.56 Å². The minimum Gasteiger partial charge on any atom is -0.489 e. The third-order valence-corrected chi connectivity index (χ3v) is 3.35. The second kappa shape index (κ2) is 6.42. The maximum atomic E-state index is 5.93. The Morgan fingerprint density at radius 1 is 1.20 bits per heavy atom. The SMILES string of the molecule is CNc1ccc(COc2cc(C(C)C)ccc2C)cn1. The summed E-state index contributed by atoms with van der Waals surface area (Å²) in [6.45, 7) is 6.99. The molecule has 0 spiro atoms. The molecular weight excluding hydrogens is 248 g/mol. The normalized spacial score (nSPS) is 10.7. The highest BCUT2D eigenvalue weighted by atomic mass is 16.5. The van der Waals surface area contributed by atoms with Gasteiger partial charge >= 0.3 is 0 Å². The van der Waals surface area contributed by atoms with Gasteiger partial charge in [-0.1, -0.05) is 32.0 Å². The number of rotatable bonds is 5. The Balaban J connectivity index is 2.07. The van der Waals surface area contributed by atoms with E-state index < -0.39 is 0 Å². The molecule has 2 rings (SSSR count). The first kappa shape index (κ1) is 14.4. The molecule has 1 N–H and O–H groups in total. The van der Waals surface area contributed by atoms with Gasteiger partial charge in [0, 0.05) is 18.8 Å². The number of nitrogens with one attached hydrogen (secondary N) is 1. The number of nitrogens with zero attached hydrogens (tertiary/aromatic N) is 1. The van der Waals surface area contributed by atoms with Crippen LogP contribution in [0.1, 0.15) is 36.5 Å². The third-order valence-electron chi connectivity index (χ3n) is 3.35. The molecule has 20 heavy (non-hydrogen) atoms. The van der Waals surface area contributed by atoms with Crippen LogP contribution in [0.5, 0.6) is 5.75 Å². The van der Waals surface area contributed by atoms with Crippen molar-refractivity contribution in [3.8, 4) is 5.75 Å². The summed E-state index contributed by atoms with van der Waals surface area (Å²) >= 11 is 0. The molecule has 0 amide bonds. The first-order chi connectivity index (χ1) is 9.60. The predicted molar refractivity (Wildman–Crippen MR) is 83.4 cm³/mol. The Bertz CT molecular complexity index is 562. The van der Waals surface area contributed by atoms with Crippen molar-refractivity contribution in [3.63, 3.8) is 0 Å². The molecule has 1 aromatic heterocycles. The highest BCUT2D eigenvalue weighted by molar-refractivity contribution is 5.38. The lowest BCUT2D eigenvalue weighted by Crippen LogP contribution is -2.00. The molecule has 1 aromatic carbocycles. The van der Waals surface area contributed by atoms with Gasteiger partial charge < -0.3 is 10.1 Å². The van der Waals surface area contributed by atoms with E-state index in [2.05, 4.69) is 49.3 Å². The first-order valence-electron chi connectivity index (χ1n) is 6.96. The van der Waals surface area contributed by atoms with Crippen LogP contribution >= 0.6 is 0 Å². The monoisotopic (exact) mass is 270 g/mol. The van der Waals surface area contributed by atoms with Crippen molar-refractivity contribution in [2.45, 2.75) is 33.3 Å². The zero-order valence-electron chi connectivity index (χ0n) is 12.6. The average molecular weight is 270 g/mol. The van der Waals surface area contributed by atoms with Crippen LogP contribution in [0.2, 0.25) is 0 Å². The van der Waals surface area contributed by atoms with Gasteiger partial charge in [0.2, 0.25) is 0 Å². The van der Waals surface area contributed by atoms with Crippen LogP contribution in [-0.2, 0) is 6.61 Å². The summed E-state index contributed by atoms with van der Waals surface area (Å²) in [4.78, 5) is 4.29. The molecule has 0 saturated heterocycles. The molecule has 3 heteroatoms. The minimum absolute atomic E-state index is 0.509. The summed E-state index contributed by atoms with van der Waals surface area (Å²) in [7, 11) is 1.86. The van der Waals surface area contributed by atoms with Crippen LogP contribution in [0.25, 0.3) is 0 Å². The van der Waals surface area contributed by atoms with Crippen LogP contribution in [0.15, 0.2) is 36.5 Å². The smallest absolute Gasteiger partial charge is 0.125 e. The quantitative estimate of drug-likeness (QED) is 0.887. The lowest BCUT2D eigenvalue weighted by molar-refractivity contribution is 0.303. The molecule has 2 aromatic rings. The number of hydrogen-bond acceptors (Lipinski definition) is 3. The first-order valence-corrected chi connectivity index (χ1v) is 6.96. The standard InChI is InChI=1S/C17H22N2O/c1-12(2)15-7-5-13(3)16(9-15)20-11-14-6-8-17(18-4)19-10-14/h5-10,12H,11H2,1-4H3,(H,18,19). The number of hydrogen-bond donors (Lipinski definition) is 1. The van der Waals surface area contributed by atoms with Gasteiger partial charge in [-0.05, 0) is 36.1 Å². The van der Waals surface area contributed by atoms with Gasteiger partial charge in [-0.2, -0.15) is 0 Å². The van der Waals surface area contributed by atoms with Crippen molar-refractivity contribution in [1.29, 1.82) is 0 Å². The fourth-order valence-electron chi connectivity index (χ4n) is 1.95. The number of aromatic nitrogens is 1. The second-order valence-corrected chi connectivity index (χ2v) is 5.27. The zero-order valence-corrected chi connectivity index (χ0v) is 12.6. The molecule has 0 aliphatic rings. The predicted octanol–water partition coefficient (Wildman–Crippen LogP) is 4.13. The number of benzene rings is 1.